The molecule has 0 saturated heterocycles. The van der Waals surface area contributed by atoms with Crippen LogP contribution in [0.25, 0.3) is 0 Å². The van der Waals surface area contributed by atoms with Gasteiger partial charge in [0, 0.05) is 0 Å². The van der Waals surface area contributed by atoms with E-state index in [9.17, 15) is 4.39 Å². The highest BCUT2D eigenvalue weighted by molar-refractivity contribution is 9.10. The monoisotopic (exact) mass is 248 g/mol. The smallest absolute Gasteiger partial charge is 0.168 e. The predicted octanol–water partition coefficient (Wildman–Crippen LogP) is 2.24. The van der Waals surface area contributed by atoms with Crippen molar-refractivity contribution in [1.82, 2.24) is 0 Å². The van der Waals surface area contributed by atoms with Gasteiger partial charge >= 0.3 is 0 Å². The van der Waals surface area contributed by atoms with Gasteiger partial charge in [-0.05, 0) is 40.3 Å². The zero-order valence-electron chi connectivity index (χ0n) is 5.97. The van der Waals surface area contributed by atoms with Gasteiger partial charge in [-0.2, -0.15) is 0 Å². The van der Waals surface area contributed by atoms with Crippen molar-refractivity contribution in [1.29, 1.82) is 0 Å². The maximum Gasteiger partial charge on any atom is 0.168 e. The summed E-state index contributed by atoms with van der Waals surface area (Å²) < 4.78 is 13.5. The number of hydrogen-bond donors (Lipinski definition) is 2. The molecule has 1 aromatic carbocycles. The molecule has 1 rings (SSSR count). The number of rotatable bonds is 1. The molecule has 0 aliphatic carbocycles. The molecule has 0 atom stereocenters. The fraction of sp³-hybridized carbons (Fsp3) is 0. The van der Waals surface area contributed by atoms with Crippen molar-refractivity contribution in [2.45, 2.75) is 0 Å². The summed E-state index contributed by atoms with van der Waals surface area (Å²) in [4.78, 5) is 0. The Hall–Kier alpha value is -0.680. The van der Waals surface area contributed by atoms with Crippen LogP contribution in [0.4, 0.5) is 10.1 Å². The van der Waals surface area contributed by atoms with E-state index < -0.39 is 5.82 Å². The quantitative estimate of drug-likeness (QED) is 0.749. The summed E-state index contributed by atoms with van der Waals surface area (Å²) in [5.41, 5.74) is 5.46. The lowest BCUT2D eigenvalue weighted by atomic mass is 10.3. The lowest BCUT2D eigenvalue weighted by molar-refractivity contribution is 0.625. The molecule has 0 spiro atoms. The highest BCUT2D eigenvalue weighted by Gasteiger charge is 2.04. The second-order valence-electron chi connectivity index (χ2n) is 2.09. The van der Waals surface area contributed by atoms with E-state index in [0.29, 0.717) is 4.47 Å². The van der Waals surface area contributed by atoms with Gasteiger partial charge in [0.25, 0.3) is 0 Å². The Morgan fingerprint density at radius 3 is 2.83 bits per heavy atom. The maximum absolute atomic E-state index is 13.1. The Bertz CT molecular complexity index is 316. The summed E-state index contributed by atoms with van der Waals surface area (Å²) >= 11 is 7.60. The topological polar surface area (TPSA) is 38.0 Å². The number of benzene rings is 1. The predicted molar refractivity (Wildman–Crippen MR) is 54.5 cm³/mol. The van der Waals surface area contributed by atoms with Gasteiger partial charge < -0.3 is 11.1 Å². The van der Waals surface area contributed by atoms with E-state index in [1.165, 1.54) is 0 Å². The Morgan fingerprint density at radius 2 is 2.25 bits per heavy atom. The molecular formula is C7H6BrFN2S. The number of nitrogens with two attached hydrogens (primary N) is 1. The molecule has 64 valence electrons. The summed E-state index contributed by atoms with van der Waals surface area (Å²) in [6, 6.07) is 4.84. The lowest BCUT2D eigenvalue weighted by Crippen LogP contribution is -2.19. The number of thiocarbonyl (C=S) groups is 1. The number of halogens is 2. The van der Waals surface area contributed by atoms with Crippen molar-refractivity contribution in [3.05, 3.63) is 28.5 Å². The van der Waals surface area contributed by atoms with Crippen LogP contribution in [0.2, 0.25) is 0 Å². The van der Waals surface area contributed by atoms with Crippen LogP contribution in [0.15, 0.2) is 22.7 Å². The molecular weight excluding hydrogens is 243 g/mol. The standard InChI is InChI=1S/C7H6BrFN2S/c8-4-2-1-3-5(6(4)9)11-7(10)12/h1-3H,(H3,10,11,12). The van der Waals surface area contributed by atoms with Crippen molar-refractivity contribution in [3.63, 3.8) is 0 Å². The minimum absolute atomic E-state index is 0.0481. The van der Waals surface area contributed by atoms with Gasteiger partial charge in [0.05, 0.1) is 10.2 Å². The van der Waals surface area contributed by atoms with Crippen LogP contribution in [0.3, 0.4) is 0 Å². The number of hydrogen-bond acceptors (Lipinski definition) is 1. The van der Waals surface area contributed by atoms with E-state index in [1.807, 2.05) is 0 Å². The molecule has 0 aliphatic heterocycles. The minimum atomic E-state index is -0.398. The van der Waals surface area contributed by atoms with E-state index in [2.05, 4.69) is 33.5 Å². The van der Waals surface area contributed by atoms with Crippen LogP contribution in [0.1, 0.15) is 0 Å². The molecule has 5 heteroatoms. The van der Waals surface area contributed by atoms with Crippen LogP contribution in [-0.4, -0.2) is 5.11 Å². The van der Waals surface area contributed by atoms with Crippen LogP contribution >= 0.6 is 28.1 Å². The zero-order chi connectivity index (χ0) is 9.14. The van der Waals surface area contributed by atoms with Crippen molar-refractivity contribution >= 4 is 38.9 Å². The third-order valence-corrected chi connectivity index (χ3v) is 1.92. The van der Waals surface area contributed by atoms with Crippen molar-refractivity contribution < 1.29 is 4.39 Å². The second-order valence-corrected chi connectivity index (χ2v) is 3.38. The Morgan fingerprint density at radius 1 is 1.58 bits per heavy atom. The van der Waals surface area contributed by atoms with E-state index in [-0.39, 0.29) is 10.8 Å². The normalized spacial score (nSPS) is 9.50. The van der Waals surface area contributed by atoms with Crippen molar-refractivity contribution in [2.24, 2.45) is 5.73 Å². The van der Waals surface area contributed by atoms with E-state index in [4.69, 9.17) is 5.73 Å². The average molecular weight is 249 g/mol. The lowest BCUT2D eigenvalue weighted by Gasteiger charge is -2.05. The third kappa shape index (κ3) is 2.15. The van der Waals surface area contributed by atoms with Gasteiger partial charge in [-0.15, -0.1) is 0 Å². The van der Waals surface area contributed by atoms with Gasteiger partial charge in [-0.1, -0.05) is 6.07 Å². The largest absolute Gasteiger partial charge is 0.376 e. The van der Waals surface area contributed by atoms with Gasteiger partial charge in [0.2, 0.25) is 0 Å². The fourth-order valence-electron chi connectivity index (χ4n) is 0.733. The van der Waals surface area contributed by atoms with Gasteiger partial charge in [0.1, 0.15) is 0 Å². The number of anilines is 1. The first-order chi connectivity index (χ1) is 5.61. The molecule has 3 N–H and O–H groups in total. The molecule has 0 aliphatic rings. The summed E-state index contributed by atoms with van der Waals surface area (Å²) in [5, 5.41) is 2.57. The molecule has 1 aromatic rings. The van der Waals surface area contributed by atoms with E-state index in [1.54, 1.807) is 18.2 Å². The van der Waals surface area contributed by atoms with Crippen molar-refractivity contribution in [2.75, 3.05) is 5.32 Å². The molecule has 0 fully saturated rings. The molecule has 0 heterocycles. The molecule has 0 unspecified atom stereocenters. The van der Waals surface area contributed by atoms with Gasteiger partial charge in [-0.3, -0.25) is 0 Å². The first-order valence-corrected chi connectivity index (χ1v) is 4.32. The Balaban J connectivity index is 3.00. The molecule has 0 bridgehead atoms. The highest BCUT2D eigenvalue weighted by atomic mass is 79.9. The van der Waals surface area contributed by atoms with Crippen LogP contribution in [-0.2, 0) is 0 Å². The Kier molecular flexibility index (Phi) is 2.99. The van der Waals surface area contributed by atoms with E-state index >= 15 is 0 Å². The maximum atomic E-state index is 13.1. The average Bonchev–Trinajstić information content (AvgIpc) is 1.98. The van der Waals surface area contributed by atoms with Crippen LogP contribution < -0.4 is 11.1 Å². The van der Waals surface area contributed by atoms with Gasteiger partial charge in [-0.25, -0.2) is 4.39 Å². The summed E-state index contributed by atoms with van der Waals surface area (Å²) in [7, 11) is 0. The Labute approximate surface area is 83.1 Å². The fourth-order valence-corrected chi connectivity index (χ4v) is 1.21. The molecule has 0 saturated carbocycles. The second kappa shape index (κ2) is 3.82. The minimum Gasteiger partial charge on any atom is -0.376 e. The van der Waals surface area contributed by atoms with Gasteiger partial charge in [0.15, 0.2) is 10.9 Å². The number of nitrogens with one attached hydrogen (secondary N) is 1. The summed E-state index contributed by atoms with van der Waals surface area (Å²) in [6.45, 7) is 0. The molecule has 12 heavy (non-hydrogen) atoms. The molecule has 0 amide bonds. The molecule has 0 radical (unpaired) electrons. The zero-order valence-corrected chi connectivity index (χ0v) is 8.38. The SMILES string of the molecule is NC(=S)Nc1cccc(Br)c1F. The van der Waals surface area contributed by atoms with Crippen molar-refractivity contribution in [3.8, 4) is 0 Å². The van der Waals surface area contributed by atoms with E-state index in [0.717, 1.165) is 0 Å². The molecule has 0 aromatic heterocycles. The first kappa shape index (κ1) is 9.41. The summed E-state index contributed by atoms with van der Waals surface area (Å²) in [5.74, 6) is -0.398. The first-order valence-electron chi connectivity index (χ1n) is 3.11. The van der Waals surface area contributed by atoms with Crippen LogP contribution in [0, 0.1) is 5.82 Å². The molecule has 2 nitrogen and oxygen atoms in total. The third-order valence-electron chi connectivity index (χ3n) is 1.21. The highest BCUT2D eigenvalue weighted by Crippen LogP contribution is 2.22. The van der Waals surface area contributed by atoms with Crippen LogP contribution in [0.5, 0.6) is 0 Å². The summed E-state index contributed by atoms with van der Waals surface area (Å²) in [6.07, 6.45) is 0.